The molecule has 356 valence electrons. The third kappa shape index (κ3) is 27.4. The Bertz CT molecular complexity index is 873. The zero-order chi connectivity index (χ0) is 47.1. The monoisotopic (exact) mass is 1870 g/mol. The minimum absolute atomic E-state index is 0.319. The molecule has 0 rings (SSSR count). The van der Waals surface area contributed by atoms with Crippen LogP contribution in [0.15, 0.2) is 0 Å². The van der Waals surface area contributed by atoms with Gasteiger partial charge in [0.2, 0.25) is 0 Å². The second-order valence-electron chi connectivity index (χ2n) is 9.63. The van der Waals surface area contributed by atoms with E-state index in [4.69, 9.17) is 8.93 Å². The minimum Gasteiger partial charge on any atom is -0.515 e. The SMILES string of the molecule is [PH-]P(P(P)P)P(P(P(P)P)P(P)P)C(P(P(P(P)P)P(P)P)P(P(P)P)P(P)P)(P(P(P(P)P)P(P)P)P(P(P)P)P(P)P)P(P(P(P)P)P(P)P)P(P(P)P)P(P)P. The molecule has 0 amide bonds. The van der Waals surface area contributed by atoms with Gasteiger partial charge in [-0.25, -0.2) is 6.99 Å². The molecule has 0 aromatic rings. The molecule has 59 heavy (non-hydrogen) atoms. The maximum absolute atomic E-state index is 5.10. The normalized spacial score (nSPS) is 15.7. The molecule has 0 aliphatic rings. The third-order valence-corrected chi connectivity index (χ3v) is 353. The van der Waals surface area contributed by atoms with Gasteiger partial charge in [-0.3, -0.25) is 0 Å². The van der Waals surface area contributed by atoms with E-state index in [-0.39, 0.29) is 154 Å². The molecule has 0 bridgehead atoms. The summed E-state index contributed by atoms with van der Waals surface area (Å²) in [5.74, 6) is 0. The van der Waals surface area contributed by atoms with Crippen LogP contribution in [0.4, 0.5) is 0 Å². The average molecular weight is 1870 g/mol. The Balaban J connectivity index is 11.4. The van der Waals surface area contributed by atoms with Crippen LogP contribution in [0.3, 0.4) is 0 Å². The molecule has 0 aliphatic carbocycles. The summed E-state index contributed by atoms with van der Waals surface area (Å²) in [7, 11) is 110. The van der Waals surface area contributed by atoms with Crippen molar-refractivity contribution in [2.75, 3.05) is 0 Å². The van der Waals surface area contributed by atoms with Crippen molar-refractivity contribution in [2.24, 2.45) is 0 Å². The Hall–Kier alpha value is 24.9. The first kappa shape index (κ1) is 83.9. The van der Waals surface area contributed by atoms with Crippen LogP contribution in [0, 0.1) is 0 Å². The molecule has 0 N–H and O–H groups in total. The van der Waals surface area contributed by atoms with Crippen molar-refractivity contribution < 1.29 is 0 Å². The van der Waals surface area contributed by atoms with E-state index in [0.29, 0.717) is 4.38 Å². The maximum atomic E-state index is 5.10. The lowest BCUT2D eigenvalue weighted by Crippen LogP contribution is -2.14. The second-order valence-corrected chi connectivity index (χ2v) is 235. The van der Waals surface area contributed by atoms with E-state index in [2.05, 4.69) is 268 Å². The van der Waals surface area contributed by atoms with Gasteiger partial charge in [0.05, 0.1) is 4.38 Å². The summed E-state index contributed by atoms with van der Waals surface area (Å²) in [5, 5.41) is 0. The highest BCUT2D eigenvalue weighted by atomic mass is 33.3. The van der Waals surface area contributed by atoms with Crippen LogP contribution in [0.25, 0.3) is 0 Å². The molecule has 0 saturated carbocycles. The summed E-state index contributed by atoms with van der Waals surface area (Å²) in [6, 6.07) is 0. The Morgan fingerprint density at radius 1 is 0.186 bits per heavy atom. The zero-order valence-corrected chi connectivity index (χ0v) is 90.2. The molecular formula is CH61P58-. The fourth-order valence-electron chi connectivity index (χ4n) is 4.04. The highest BCUT2D eigenvalue weighted by Gasteiger charge is 2.71. The molecule has 0 spiro atoms. The van der Waals surface area contributed by atoms with E-state index in [9.17, 15) is 0 Å². The summed E-state index contributed by atoms with van der Waals surface area (Å²) < 4.78 is 0.352. The second kappa shape index (κ2) is 44.4. The maximum Gasteiger partial charge on any atom is 0.0833 e. The van der Waals surface area contributed by atoms with Crippen molar-refractivity contribution in [2.45, 2.75) is 4.38 Å². The van der Waals surface area contributed by atoms with Crippen LogP contribution in [-0.4, -0.2) is 4.38 Å². The topological polar surface area (TPSA) is 0 Å². The predicted molar refractivity (Wildman–Crippen MR) is 489 cm³/mol. The van der Waals surface area contributed by atoms with Crippen molar-refractivity contribution in [3.8, 4) is 0 Å². The molecule has 32 unspecified atom stereocenters. The fraction of sp³-hybridized carbons (Fsp3) is 1.00. The molecule has 32 atom stereocenters. The van der Waals surface area contributed by atoms with Gasteiger partial charge in [-0.15, -0.1) is 268 Å². The summed E-state index contributed by atoms with van der Waals surface area (Å²) in [6.07, 6.45) is 0. The van der Waals surface area contributed by atoms with E-state index < -0.39 is 36.2 Å². The summed E-state index contributed by atoms with van der Waals surface area (Å²) in [6.45, 7) is -7.73. The van der Waals surface area contributed by atoms with Gasteiger partial charge in [0.25, 0.3) is 0 Å². The Labute approximate surface area is 464 Å². The fourth-order valence-corrected chi connectivity index (χ4v) is 622. The van der Waals surface area contributed by atoms with Gasteiger partial charge in [-0.1, -0.05) is 6.99 Å². The smallest absolute Gasteiger partial charge is 0.0833 e. The Morgan fingerprint density at radius 2 is 0.305 bits per heavy atom. The number of hydrogen-bond acceptors (Lipinski definition) is 0. The van der Waals surface area contributed by atoms with Crippen molar-refractivity contribution in [1.29, 1.82) is 0 Å². The van der Waals surface area contributed by atoms with E-state index in [1.807, 2.05) is 0 Å². The summed E-state index contributed by atoms with van der Waals surface area (Å²) >= 11 is 0. The highest BCUT2D eigenvalue weighted by molar-refractivity contribution is 9.35. The molecule has 0 aromatic heterocycles. The number of hydrogen-bond donors (Lipinski definition) is 0. The lowest BCUT2D eigenvalue weighted by molar-refractivity contribution is 1.87. The lowest BCUT2D eigenvalue weighted by Gasteiger charge is -2.70. The molecule has 0 fully saturated rings. The van der Waals surface area contributed by atoms with E-state index >= 15 is 0 Å². The molecule has 0 aliphatic heterocycles. The molecule has 0 nitrogen and oxygen atoms in total. The van der Waals surface area contributed by atoms with E-state index in [1.54, 1.807) is 0 Å². The molecular weight excluding hydrogens is 1810 g/mol. The van der Waals surface area contributed by atoms with E-state index in [0.717, 1.165) is 0 Å². The molecule has 0 aromatic carbocycles. The Kier molecular flexibility index (Phi) is 63.2. The van der Waals surface area contributed by atoms with Crippen molar-refractivity contribution >= 4 is 467 Å². The zero-order valence-electron chi connectivity index (χ0n) is 30.4. The van der Waals surface area contributed by atoms with Crippen LogP contribution < -0.4 is 0 Å². The first-order chi connectivity index (χ1) is 26.7. The molecule has 58 heteroatoms. The van der Waals surface area contributed by atoms with E-state index in [1.165, 1.54) is 0 Å². The quantitative estimate of drug-likeness (QED) is 0.0719. The van der Waals surface area contributed by atoms with Crippen LogP contribution >= 0.6 is 467 Å². The molecule has 0 saturated heterocycles. The predicted octanol–water partition coefficient (Wildman–Crippen LogP) is 33.4. The average Bonchev–Trinajstić information content (AvgIpc) is 3.01. The highest BCUT2D eigenvalue weighted by Crippen LogP contribution is 3.43. The van der Waals surface area contributed by atoms with Gasteiger partial charge >= 0.3 is 0 Å². The van der Waals surface area contributed by atoms with Crippen molar-refractivity contribution in [1.82, 2.24) is 0 Å². The van der Waals surface area contributed by atoms with Gasteiger partial charge in [0.1, 0.15) is 0 Å². The summed E-state index contributed by atoms with van der Waals surface area (Å²) in [4.78, 5) is 0. The van der Waals surface area contributed by atoms with Gasteiger partial charge < -0.3 is 8.93 Å². The first-order valence-electron chi connectivity index (χ1n) is 13.5. The van der Waals surface area contributed by atoms with Crippen molar-refractivity contribution in [3.05, 3.63) is 0 Å². The first-order valence-corrected chi connectivity index (χ1v) is 116. The standard InChI is InChI=1S/CH61P58/c2-37(3)52(32)33(53(38(4)5)39(6)7)1(34(54(40(8)9)41(10)11)55(42(12)13)43(14)15,35(56(44(16)17)45(18)19)57(46(20)21)47(22)23)36(58(48(24)25)49(26)27)59(50(28)29)51(30)31/h32H,2-31H2/q-1. The molecule has 0 radical (unpaired) electrons. The van der Waals surface area contributed by atoms with Gasteiger partial charge in [-0.05, 0) is 176 Å². The largest absolute Gasteiger partial charge is 0.515 e. The van der Waals surface area contributed by atoms with Gasteiger partial charge in [0.15, 0.2) is 0 Å². The molecule has 0 heterocycles. The van der Waals surface area contributed by atoms with Crippen molar-refractivity contribution in [3.63, 3.8) is 0 Å². The lowest BCUT2D eigenvalue weighted by atomic mass is 11.8. The van der Waals surface area contributed by atoms with Crippen LogP contribution in [-0.2, 0) is 0 Å². The van der Waals surface area contributed by atoms with Gasteiger partial charge in [-0.2, -0.15) is 0 Å². The van der Waals surface area contributed by atoms with Crippen LogP contribution in [0.2, 0.25) is 0 Å². The summed E-state index contributed by atoms with van der Waals surface area (Å²) in [5.41, 5.74) is 0. The van der Waals surface area contributed by atoms with Crippen LogP contribution in [0.5, 0.6) is 0 Å². The van der Waals surface area contributed by atoms with Crippen LogP contribution in [0.1, 0.15) is 0 Å². The number of rotatable bonds is 27. The Morgan fingerprint density at radius 3 is 0.407 bits per heavy atom. The minimum atomic E-state index is -0.471. The third-order valence-electron chi connectivity index (χ3n) is 5.55. The van der Waals surface area contributed by atoms with Gasteiger partial charge in [0, 0.05) is 0 Å².